The van der Waals surface area contributed by atoms with Crippen molar-refractivity contribution in [2.24, 2.45) is 0 Å². The highest BCUT2D eigenvalue weighted by molar-refractivity contribution is 5.86. The zero-order valence-corrected chi connectivity index (χ0v) is 27.8. The largest absolute Gasteiger partial charge is 0.494 e. The van der Waals surface area contributed by atoms with Crippen LogP contribution in [0.5, 0.6) is 11.8 Å². The van der Waals surface area contributed by atoms with Gasteiger partial charge >= 0.3 is 18.3 Å². The standard InChI is InChI=1S/C34H34F4N8O5/c1-43-15-7-10-23(43)20-50-32-41-27-26(40-31(34(36,37)38)46(30(27)47)28-24(35)11-6-12-25(28)49-2)29(42-32)44-16-17-45(22(18-44)13-14-39)33(48)51-19-21-8-4-3-5-9-21/h3-6,8-9,11-12,22-23H,7,10,13,15-20H2,1-2H3/t22-,23-/m0/s1. The number of nitriles is 1. The van der Waals surface area contributed by atoms with Gasteiger partial charge in [-0.3, -0.25) is 4.79 Å². The van der Waals surface area contributed by atoms with Gasteiger partial charge in [0.2, 0.25) is 5.82 Å². The van der Waals surface area contributed by atoms with Gasteiger partial charge in [-0.15, -0.1) is 0 Å². The Labute approximate surface area is 289 Å². The summed E-state index contributed by atoms with van der Waals surface area (Å²) in [5.74, 6) is -3.41. The van der Waals surface area contributed by atoms with Gasteiger partial charge in [0.25, 0.3) is 5.56 Å². The van der Waals surface area contributed by atoms with Crippen LogP contribution in [0.4, 0.5) is 28.2 Å². The number of rotatable bonds is 9. The Bertz CT molecular complexity index is 2010. The number of carbonyl (C=O) groups excluding carboxylic acids is 1. The molecular formula is C34H34F4N8O5. The Morgan fingerprint density at radius 1 is 1.02 bits per heavy atom. The van der Waals surface area contributed by atoms with Gasteiger partial charge in [-0.1, -0.05) is 36.4 Å². The van der Waals surface area contributed by atoms with Gasteiger partial charge in [0, 0.05) is 25.7 Å². The number of likely N-dealkylation sites (tertiary alicyclic amines) is 1. The molecule has 2 saturated heterocycles. The highest BCUT2D eigenvalue weighted by Gasteiger charge is 2.41. The molecule has 0 bridgehead atoms. The molecule has 2 aromatic carbocycles. The maximum atomic E-state index is 15.2. The van der Waals surface area contributed by atoms with E-state index in [-0.39, 0.29) is 67.5 Å². The number of benzene rings is 2. The Balaban J connectivity index is 1.44. The third-order valence-corrected chi connectivity index (χ3v) is 8.95. The Morgan fingerprint density at radius 3 is 2.49 bits per heavy atom. The monoisotopic (exact) mass is 710 g/mol. The molecule has 0 spiro atoms. The summed E-state index contributed by atoms with van der Waals surface area (Å²) in [6, 6.07) is 13.3. The zero-order valence-electron chi connectivity index (χ0n) is 27.8. The SMILES string of the molecule is COc1cccc(F)c1-n1c(C(F)(F)F)nc2c(N3CCN(C(=O)OCc4ccccc4)[C@@H](CC#N)C3)nc(OC[C@@H]3CCCN3C)nc2c1=O. The van der Waals surface area contributed by atoms with Gasteiger partial charge in [0.15, 0.2) is 17.2 Å². The number of piperazine rings is 1. The van der Waals surface area contributed by atoms with E-state index in [1.807, 2.05) is 19.2 Å². The average molecular weight is 711 g/mol. The number of aromatic nitrogens is 4. The van der Waals surface area contributed by atoms with Gasteiger partial charge in [0.05, 0.1) is 25.6 Å². The Hall–Kier alpha value is -5.50. The minimum absolute atomic E-state index is 0.00302. The van der Waals surface area contributed by atoms with Crippen LogP contribution in [0.25, 0.3) is 16.7 Å². The van der Waals surface area contributed by atoms with Crippen molar-refractivity contribution in [3.8, 4) is 23.5 Å². The molecule has 1 amide bonds. The lowest BCUT2D eigenvalue weighted by Crippen LogP contribution is -2.55. The van der Waals surface area contributed by atoms with E-state index in [9.17, 15) is 28.0 Å². The van der Waals surface area contributed by atoms with Crippen molar-refractivity contribution >= 4 is 22.9 Å². The number of para-hydroxylation sites is 1. The summed E-state index contributed by atoms with van der Waals surface area (Å²) in [4.78, 5) is 44.8. The van der Waals surface area contributed by atoms with Gasteiger partial charge in [0.1, 0.15) is 30.2 Å². The molecule has 0 saturated carbocycles. The van der Waals surface area contributed by atoms with Crippen molar-refractivity contribution < 1.29 is 36.6 Å². The number of hydrogen-bond acceptors (Lipinski definition) is 11. The van der Waals surface area contributed by atoms with Gasteiger partial charge < -0.3 is 28.9 Å². The molecule has 2 aliphatic heterocycles. The van der Waals surface area contributed by atoms with E-state index in [4.69, 9.17) is 14.2 Å². The van der Waals surface area contributed by atoms with Crippen molar-refractivity contribution in [1.82, 2.24) is 29.3 Å². The predicted molar refractivity (Wildman–Crippen MR) is 175 cm³/mol. The van der Waals surface area contributed by atoms with Crippen LogP contribution in [0.15, 0.2) is 53.3 Å². The van der Waals surface area contributed by atoms with Crippen molar-refractivity contribution in [3.63, 3.8) is 0 Å². The number of hydrogen-bond donors (Lipinski definition) is 0. The number of likely N-dealkylation sites (N-methyl/N-ethyl adjacent to an activating group) is 1. The number of anilines is 1. The molecule has 268 valence electrons. The second-order valence-electron chi connectivity index (χ2n) is 12.2. The maximum Gasteiger partial charge on any atom is 0.450 e. The number of alkyl halides is 3. The molecule has 51 heavy (non-hydrogen) atoms. The van der Waals surface area contributed by atoms with E-state index in [0.717, 1.165) is 38.1 Å². The first kappa shape index (κ1) is 35.3. The fourth-order valence-electron chi connectivity index (χ4n) is 6.32. The second-order valence-corrected chi connectivity index (χ2v) is 12.2. The first-order chi connectivity index (χ1) is 24.5. The molecule has 0 N–H and O–H groups in total. The highest BCUT2D eigenvalue weighted by atomic mass is 19.4. The zero-order chi connectivity index (χ0) is 36.3. The Kier molecular flexibility index (Phi) is 10.2. The molecule has 0 unspecified atom stereocenters. The van der Waals surface area contributed by atoms with E-state index in [0.29, 0.717) is 0 Å². The van der Waals surface area contributed by atoms with Gasteiger partial charge in [-0.05, 0) is 44.1 Å². The number of halogens is 4. The number of methoxy groups -OCH3 is 1. The minimum Gasteiger partial charge on any atom is -0.494 e. The number of amides is 1. The summed E-state index contributed by atoms with van der Waals surface area (Å²) in [5.41, 5.74) is -2.44. The molecular weight excluding hydrogens is 676 g/mol. The minimum atomic E-state index is -5.25. The average Bonchev–Trinajstić information content (AvgIpc) is 3.54. The molecule has 2 fully saturated rings. The normalized spacial score (nSPS) is 18.1. The smallest absolute Gasteiger partial charge is 0.450 e. The summed E-state index contributed by atoms with van der Waals surface area (Å²) in [6.07, 6.45) is -4.30. The first-order valence-corrected chi connectivity index (χ1v) is 16.2. The Morgan fingerprint density at radius 2 is 1.80 bits per heavy atom. The first-order valence-electron chi connectivity index (χ1n) is 16.2. The maximum absolute atomic E-state index is 15.2. The number of fused-ring (bicyclic) bond motifs is 1. The van der Waals surface area contributed by atoms with E-state index in [2.05, 4.69) is 19.9 Å². The van der Waals surface area contributed by atoms with Crippen LogP contribution in [0, 0.1) is 17.1 Å². The number of ether oxygens (including phenoxy) is 3. The van der Waals surface area contributed by atoms with Crippen LogP contribution < -0.4 is 19.9 Å². The van der Waals surface area contributed by atoms with Gasteiger partial charge in [-0.25, -0.2) is 18.7 Å². The van der Waals surface area contributed by atoms with Crippen LogP contribution in [-0.4, -0.2) is 94.4 Å². The summed E-state index contributed by atoms with van der Waals surface area (Å²) in [6.45, 7) is 0.920. The van der Waals surface area contributed by atoms with Crippen molar-refractivity contribution in [3.05, 3.63) is 76.1 Å². The topological polar surface area (TPSA) is 139 Å². The van der Waals surface area contributed by atoms with E-state index in [1.165, 1.54) is 21.9 Å². The molecule has 4 aromatic rings. The summed E-state index contributed by atoms with van der Waals surface area (Å²) in [5, 5.41) is 9.64. The van der Waals surface area contributed by atoms with Crippen LogP contribution >= 0.6 is 0 Å². The van der Waals surface area contributed by atoms with Crippen LogP contribution in [0.2, 0.25) is 0 Å². The lowest BCUT2D eigenvalue weighted by Gasteiger charge is -2.40. The molecule has 0 aliphatic carbocycles. The molecule has 2 aromatic heterocycles. The van der Waals surface area contributed by atoms with Crippen LogP contribution in [0.3, 0.4) is 0 Å². The lowest BCUT2D eigenvalue weighted by atomic mass is 10.1. The van der Waals surface area contributed by atoms with Gasteiger partial charge in [-0.2, -0.15) is 28.4 Å². The molecule has 2 aliphatic rings. The molecule has 6 rings (SSSR count). The summed E-state index contributed by atoms with van der Waals surface area (Å²) >= 11 is 0. The highest BCUT2D eigenvalue weighted by Crippen LogP contribution is 2.35. The van der Waals surface area contributed by atoms with Crippen molar-refractivity contribution in [1.29, 1.82) is 5.26 Å². The fourth-order valence-corrected chi connectivity index (χ4v) is 6.32. The van der Waals surface area contributed by atoms with E-state index < -0.39 is 52.2 Å². The number of nitrogens with zero attached hydrogens (tertiary/aromatic N) is 8. The predicted octanol–water partition coefficient (Wildman–Crippen LogP) is 4.56. The molecule has 2 atom stereocenters. The number of carbonyl (C=O) groups is 1. The summed E-state index contributed by atoms with van der Waals surface area (Å²) in [7, 11) is 3.06. The lowest BCUT2D eigenvalue weighted by molar-refractivity contribution is -0.146. The third-order valence-electron chi connectivity index (χ3n) is 8.95. The van der Waals surface area contributed by atoms with Crippen molar-refractivity contribution in [2.45, 2.75) is 44.1 Å². The molecule has 13 nitrogen and oxygen atoms in total. The quantitative estimate of drug-likeness (QED) is 0.226. The fraction of sp³-hybridized carbons (Fsp3) is 0.412. The molecule has 0 radical (unpaired) electrons. The van der Waals surface area contributed by atoms with E-state index in [1.54, 1.807) is 24.3 Å². The van der Waals surface area contributed by atoms with Crippen molar-refractivity contribution in [2.75, 3.05) is 51.8 Å². The molecule has 17 heteroatoms. The van der Waals surface area contributed by atoms with Crippen LogP contribution in [0.1, 0.15) is 30.7 Å². The second kappa shape index (κ2) is 14.8. The van der Waals surface area contributed by atoms with E-state index >= 15 is 4.39 Å². The third kappa shape index (κ3) is 7.36. The van der Waals surface area contributed by atoms with Crippen LogP contribution in [-0.2, 0) is 17.5 Å². The summed E-state index contributed by atoms with van der Waals surface area (Å²) < 4.78 is 76.1. The molecule has 4 heterocycles.